The zero-order valence-electron chi connectivity index (χ0n) is 20.0. The van der Waals surface area contributed by atoms with Crippen molar-refractivity contribution in [3.63, 3.8) is 0 Å². The molecule has 2 aromatic rings. The smallest absolute Gasteiger partial charge is 0.331 e. The van der Waals surface area contributed by atoms with E-state index < -0.39 is 5.97 Å². The van der Waals surface area contributed by atoms with E-state index in [9.17, 15) is 9.59 Å². The number of rotatable bonds is 11. The summed E-state index contributed by atoms with van der Waals surface area (Å²) in [7, 11) is 0. The lowest BCUT2D eigenvalue weighted by atomic mass is 9.87. The van der Waals surface area contributed by atoms with Gasteiger partial charge in [-0.05, 0) is 74.4 Å². The Morgan fingerprint density at radius 1 is 1.03 bits per heavy atom. The van der Waals surface area contributed by atoms with Crippen LogP contribution in [0.25, 0.3) is 6.08 Å². The van der Waals surface area contributed by atoms with E-state index in [1.807, 2.05) is 6.08 Å². The lowest BCUT2D eigenvalue weighted by Crippen LogP contribution is -2.29. The largest absolute Gasteiger partial charge is 0.458 e. The van der Waals surface area contributed by atoms with Crippen molar-refractivity contribution in [3.05, 3.63) is 72.3 Å². The number of benzene rings is 2. The van der Waals surface area contributed by atoms with Gasteiger partial charge in [0.15, 0.2) is 0 Å². The minimum absolute atomic E-state index is 0.0630. The molecule has 2 aromatic carbocycles. The molecule has 1 saturated carbocycles. The van der Waals surface area contributed by atoms with Crippen LogP contribution < -0.4 is 16.2 Å². The molecule has 3 rings (SSSR count). The molecule has 0 saturated heterocycles. The number of allylic oxidation sites excluding steroid dienone is 1. The Bertz CT molecular complexity index is 1020. The van der Waals surface area contributed by atoms with Gasteiger partial charge in [0.05, 0.1) is 12.0 Å². The third-order valence-electron chi connectivity index (χ3n) is 5.96. The molecule has 35 heavy (non-hydrogen) atoms. The number of anilines is 2. The Kier molecular flexibility index (Phi) is 9.93. The van der Waals surface area contributed by atoms with Gasteiger partial charge in [-0.2, -0.15) is 0 Å². The van der Waals surface area contributed by atoms with Gasteiger partial charge in [0.25, 0.3) is 0 Å². The molecule has 7 heteroatoms. The highest BCUT2D eigenvalue weighted by Crippen LogP contribution is 2.28. The second-order valence-electron chi connectivity index (χ2n) is 8.66. The molecule has 0 bridgehead atoms. The van der Waals surface area contributed by atoms with Gasteiger partial charge in [0, 0.05) is 29.6 Å². The SMILES string of the molecule is C=CCCCOC1CCC(C(=O)Oc2ccc(C=CC(=O)OCc3ccc(N)cc3N)cc2)CC1. The number of nitrogens with two attached hydrogens (primary N) is 2. The van der Waals surface area contributed by atoms with Gasteiger partial charge < -0.3 is 25.7 Å². The molecule has 0 heterocycles. The maximum Gasteiger partial charge on any atom is 0.331 e. The van der Waals surface area contributed by atoms with Gasteiger partial charge in [-0.25, -0.2) is 4.79 Å². The number of ether oxygens (including phenoxy) is 3. The molecular weight excluding hydrogens is 444 g/mol. The van der Waals surface area contributed by atoms with Gasteiger partial charge in [-0.1, -0.05) is 24.3 Å². The number of carbonyl (C=O) groups excluding carboxylic acids is 2. The molecular formula is C28H34N2O5. The molecule has 0 unspecified atom stereocenters. The summed E-state index contributed by atoms with van der Waals surface area (Å²) in [5, 5.41) is 0. The van der Waals surface area contributed by atoms with Crippen molar-refractivity contribution in [2.45, 2.75) is 51.2 Å². The van der Waals surface area contributed by atoms with E-state index in [4.69, 9.17) is 25.7 Å². The first-order chi connectivity index (χ1) is 16.9. The summed E-state index contributed by atoms with van der Waals surface area (Å²) in [5.74, 6) is -0.315. The first kappa shape index (κ1) is 26.0. The molecule has 186 valence electrons. The van der Waals surface area contributed by atoms with E-state index in [0.717, 1.165) is 50.7 Å². The third-order valence-corrected chi connectivity index (χ3v) is 5.96. The minimum atomic E-state index is -0.489. The number of unbranched alkanes of at least 4 members (excludes halogenated alkanes) is 1. The number of nitrogen functional groups attached to an aromatic ring is 2. The summed E-state index contributed by atoms with van der Waals surface area (Å²) in [4.78, 5) is 24.5. The van der Waals surface area contributed by atoms with Crippen molar-refractivity contribution in [2.24, 2.45) is 5.92 Å². The number of esters is 2. The molecule has 0 spiro atoms. The van der Waals surface area contributed by atoms with Crippen LogP contribution in [-0.4, -0.2) is 24.6 Å². The maximum absolute atomic E-state index is 12.5. The van der Waals surface area contributed by atoms with Crippen LogP contribution in [0.5, 0.6) is 5.75 Å². The molecule has 4 N–H and O–H groups in total. The predicted octanol–water partition coefficient (Wildman–Crippen LogP) is 5.05. The van der Waals surface area contributed by atoms with Crippen LogP contribution in [0, 0.1) is 5.92 Å². The van der Waals surface area contributed by atoms with Gasteiger partial charge in [0.1, 0.15) is 12.4 Å². The summed E-state index contributed by atoms with van der Waals surface area (Å²) in [6.45, 7) is 4.52. The molecule has 0 atom stereocenters. The van der Waals surface area contributed by atoms with E-state index in [0.29, 0.717) is 22.7 Å². The van der Waals surface area contributed by atoms with Gasteiger partial charge >= 0.3 is 11.9 Å². The first-order valence-corrected chi connectivity index (χ1v) is 12.0. The van der Waals surface area contributed by atoms with E-state index in [1.54, 1.807) is 48.5 Å². The molecule has 1 fully saturated rings. The quantitative estimate of drug-likeness (QED) is 0.116. The summed E-state index contributed by atoms with van der Waals surface area (Å²) in [6.07, 6.45) is 10.3. The topological polar surface area (TPSA) is 114 Å². The summed E-state index contributed by atoms with van der Waals surface area (Å²) < 4.78 is 16.7. The third kappa shape index (κ3) is 8.61. The summed E-state index contributed by atoms with van der Waals surface area (Å²) in [6, 6.07) is 12.0. The molecule has 0 aliphatic heterocycles. The van der Waals surface area contributed by atoms with Crippen molar-refractivity contribution >= 4 is 29.4 Å². The Hall–Kier alpha value is -3.58. The van der Waals surface area contributed by atoms with E-state index in [2.05, 4.69) is 6.58 Å². The van der Waals surface area contributed by atoms with E-state index >= 15 is 0 Å². The van der Waals surface area contributed by atoms with Crippen LogP contribution >= 0.6 is 0 Å². The zero-order chi connectivity index (χ0) is 25.0. The highest BCUT2D eigenvalue weighted by molar-refractivity contribution is 5.87. The minimum Gasteiger partial charge on any atom is -0.458 e. The van der Waals surface area contributed by atoms with Gasteiger partial charge in [-0.3, -0.25) is 4.79 Å². The second-order valence-corrected chi connectivity index (χ2v) is 8.66. The first-order valence-electron chi connectivity index (χ1n) is 12.0. The molecule has 7 nitrogen and oxygen atoms in total. The van der Waals surface area contributed by atoms with Crippen molar-refractivity contribution < 1.29 is 23.8 Å². The lowest BCUT2D eigenvalue weighted by molar-refractivity contribution is -0.141. The maximum atomic E-state index is 12.5. The molecule has 1 aliphatic carbocycles. The van der Waals surface area contributed by atoms with Crippen LogP contribution in [0.1, 0.15) is 49.7 Å². The Morgan fingerprint density at radius 3 is 2.46 bits per heavy atom. The van der Waals surface area contributed by atoms with Crippen molar-refractivity contribution in [1.29, 1.82) is 0 Å². The second kappa shape index (κ2) is 13.3. The molecule has 1 aliphatic rings. The standard InChI is InChI=1S/C28H34N2O5/c1-2-3-4-17-33-24-14-9-21(10-15-24)28(32)35-25-12-5-20(6-13-25)7-16-27(31)34-19-22-8-11-23(29)18-26(22)30/h2,5-8,11-13,16,18,21,24H,1,3-4,9-10,14-15,17,19,29-30H2. The average molecular weight is 479 g/mol. The average Bonchev–Trinajstić information content (AvgIpc) is 2.86. The van der Waals surface area contributed by atoms with Crippen molar-refractivity contribution in [3.8, 4) is 5.75 Å². The van der Waals surface area contributed by atoms with E-state index in [1.165, 1.54) is 6.08 Å². The summed E-state index contributed by atoms with van der Waals surface area (Å²) in [5.41, 5.74) is 14.0. The van der Waals surface area contributed by atoms with Crippen LogP contribution in [0.15, 0.2) is 61.2 Å². The summed E-state index contributed by atoms with van der Waals surface area (Å²) >= 11 is 0. The molecule has 0 aromatic heterocycles. The normalized spacial score (nSPS) is 17.7. The van der Waals surface area contributed by atoms with Crippen molar-refractivity contribution in [2.75, 3.05) is 18.1 Å². The predicted molar refractivity (Wildman–Crippen MR) is 137 cm³/mol. The molecule has 0 amide bonds. The highest BCUT2D eigenvalue weighted by atomic mass is 16.5. The fraction of sp³-hybridized carbons (Fsp3) is 0.357. The van der Waals surface area contributed by atoms with E-state index in [-0.39, 0.29) is 24.6 Å². The lowest BCUT2D eigenvalue weighted by Gasteiger charge is -2.27. The fourth-order valence-electron chi connectivity index (χ4n) is 3.90. The van der Waals surface area contributed by atoms with Gasteiger partial charge in [0.2, 0.25) is 0 Å². The van der Waals surface area contributed by atoms with Crippen LogP contribution in [0.4, 0.5) is 11.4 Å². The van der Waals surface area contributed by atoms with Gasteiger partial charge in [-0.15, -0.1) is 6.58 Å². The number of hydrogen-bond donors (Lipinski definition) is 2. The molecule has 0 radical (unpaired) electrons. The number of carbonyl (C=O) groups is 2. The van der Waals surface area contributed by atoms with Crippen LogP contribution in [0.2, 0.25) is 0 Å². The number of hydrogen-bond acceptors (Lipinski definition) is 7. The van der Waals surface area contributed by atoms with Crippen LogP contribution in [-0.2, 0) is 25.7 Å². The Labute approximate surface area is 206 Å². The fourth-order valence-corrected chi connectivity index (χ4v) is 3.90. The van der Waals surface area contributed by atoms with Crippen molar-refractivity contribution in [1.82, 2.24) is 0 Å². The Morgan fingerprint density at radius 2 is 1.77 bits per heavy atom. The monoisotopic (exact) mass is 478 g/mol. The zero-order valence-corrected chi connectivity index (χ0v) is 20.0. The Balaban J connectivity index is 1.40. The highest BCUT2D eigenvalue weighted by Gasteiger charge is 2.28. The van der Waals surface area contributed by atoms with Crippen LogP contribution in [0.3, 0.4) is 0 Å².